The van der Waals surface area contributed by atoms with E-state index < -0.39 is 12.1 Å². The second-order valence-corrected chi connectivity index (χ2v) is 16.3. The number of β-amino-alcohol motifs (C(OH)–C–C–N with tert-alkyl or cyclic N) is 1. The molecular weight excluding hydrogens is 756 g/mol. The number of aryl methyl sites for hydroxylation is 2. The maximum atomic E-state index is 11.9. The molecule has 322 valence electrons. The van der Waals surface area contributed by atoms with Gasteiger partial charge in [-0.2, -0.15) is 0 Å². The molecule has 5 rings (SSSR count). The van der Waals surface area contributed by atoms with Crippen LogP contribution in [0.5, 0.6) is 23.0 Å². The van der Waals surface area contributed by atoms with Gasteiger partial charge in [-0.15, -0.1) is 0 Å². The average Bonchev–Trinajstić information content (AvgIpc) is 3.38. The number of carboxylic acids is 1. The fourth-order valence-corrected chi connectivity index (χ4v) is 8.64. The van der Waals surface area contributed by atoms with Crippen LogP contribution in [0.1, 0.15) is 98.5 Å². The standard InChI is InChI=1S/C40H64N2O6.C7H5ClO2/c1-45-37-21-19-31(27-39(37)47-3)15-10-12-23-41-25-14-26-42(24-13-11-16-32-20-22-38(46-2)40(28-32)48-4)30-36(44)34(29-41)33-17-8-6-5-7-9-18-35(33)43;8-6-3-1-5(2-4-6)7(9)10/h19-22,27-28,33-36,43-44H,5-18,23-26,29-30H2,1-4H3;1-4H,(H,9,10). The quantitative estimate of drug-likeness (QED) is 0.121. The van der Waals surface area contributed by atoms with E-state index >= 15 is 0 Å². The Morgan fingerprint density at radius 2 is 1.10 bits per heavy atom. The average molecular weight is 826 g/mol. The molecule has 2 fully saturated rings. The van der Waals surface area contributed by atoms with Crippen molar-refractivity contribution in [3.05, 3.63) is 82.4 Å². The molecule has 4 unspecified atom stereocenters. The first-order chi connectivity index (χ1) is 28.1. The molecule has 0 amide bonds. The van der Waals surface area contributed by atoms with Crippen LogP contribution in [-0.2, 0) is 12.8 Å². The zero-order valence-electron chi connectivity index (χ0n) is 35.4. The summed E-state index contributed by atoms with van der Waals surface area (Å²) in [6, 6.07) is 18.4. The Bertz CT molecular complexity index is 1620. The minimum Gasteiger partial charge on any atom is -0.493 e. The molecule has 10 nitrogen and oxygen atoms in total. The number of benzene rings is 3. The number of carboxylic acid groups (broad SMARTS) is 1. The molecule has 2 aliphatic rings. The van der Waals surface area contributed by atoms with Gasteiger partial charge in [0.15, 0.2) is 23.0 Å². The smallest absolute Gasteiger partial charge is 0.335 e. The zero-order valence-corrected chi connectivity index (χ0v) is 36.1. The van der Waals surface area contributed by atoms with Crippen LogP contribution in [0, 0.1) is 11.8 Å². The molecule has 3 aromatic rings. The van der Waals surface area contributed by atoms with Gasteiger partial charge in [-0.25, -0.2) is 4.79 Å². The van der Waals surface area contributed by atoms with E-state index in [1.807, 2.05) is 12.1 Å². The van der Waals surface area contributed by atoms with Crippen LogP contribution in [0.15, 0.2) is 60.7 Å². The lowest BCUT2D eigenvalue weighted by Crippen LogP contribution is -2.46. The zero-order chi connectivity index (χ0) is 41.7. The highest BCUT2D eigenvalue weighted by Crippen LogP contribution is 2.33. The highest BCUT2D eigenvalue weighted by atomic mass is 35.5. The molecule has 3 aromatic carbocycles. The number of halogens is 1. The third-order valence-corrected chi connectivity index (χ3v) is 12.1. The van der Waals surface area contributed by atoms with Crippen LogP contribution in [0.25, 0.3) is 0 Å². The fourth-order valence-electron chi connectivity index (χ4n) is 8.51. The Morgan fingerprint density at radius 3 is 1.62 bits per heavy atom. The van der Waals surface area contributed by atoms with Gasteiger partial charge in [0, 0.05) is 24.0 Å². The third kappa shape index (κ3) is 15.6. The number of ether oxygens (including phenoxy) is 4. The van der Waals surface area contributed by atoms with Gasteiger partial charge in [0.1, 0.15) is 0 Å². The number of aromatic carboxylic acids is 1. The Labute approximate surface area is 352 Å². The molecule has 1 heterocycles. The van der Waals surface area contributed by atoms with Crippen molar-refractivity contribution in [2.75, 3.05) is 67.7 Å². The number of unbranched alkanes of at least 4 members (excludes halogenated alkanes) is 2. The maximum absolute atomic E-state index is 11.9. The summed E-state index contributed by atoms with van der Waals surface area (Å²) in [4.78, 5) is 15.4. The summed E-state index contributed by atoms with van der Waals surface area (Å²) >= 11 is 5.52. The summed E-state index contributed by atoms with van der Waals surface area (Å²) in [6.07, 6.45) is 14.5. The summed E-state index contributed by atoms with van der Waals surface area (Å²) in [5, 5.41) is 32.3. The third-order valence-electron chi connectivity index (χ3n) is 11.8. The van der Waals surface area contributed by atoms with Crippen LogP contribution < -0.4 is 18.9 Å². The molecule has 3 N–H and O–H groups in total. The van der Waals surface area contributed by atoms with Crippen LogP contribution in [0.2, 0.25) is 5.02 Å². The first-order valence-corrected chi connectivity index (χ1v) is 21.7. The van der Waals surface area contributed by atoms with Crippen molar-refractivity contribution in [3.63, 3.8) is 0 Å². The summed E-state index contributed by atoms with van der Waals surface area (Å²) in [5.74, 6) is 2.39. The van der Waals surface area contributed by atoms with Crippen molar-refractivity contribution in [2.45, 2.75) is 102 Å². The van der Waals surface area contributed by atoms with Crippen molar-refractivity contribution < 1.29 is 39.1 Å². The van der Waals surface area contributed by atoms with Gasteiger partial charge < -0.3 is 44.1 Å². The van der Waals surface area contributed by atoms with E-state index in [4.69, 9.17) is 35.7 Å². The highest BCUT2D eigenvalue weighted by molar-refractivity contribution is 6.30. The predicted molar refractivity (Wildman–Crippen MR) is 232 cm³/mol. The van der Waals surface area contributed by atoms with Crippen LogP contribution in [-0.4, -0.2) is 111 Å². The van der Waals surface area contributed by atoms with Gasteiger partial charge in [-0.1, -0.05) is 55.8 Å². The molecule has 0 bridgehead atoms. The molecule has 11 heteroatoms. The van der Waals surface area contributed by atoms with Crippen molar-refractivity contribution >= 4 is 17.6 Å². The highest BCUT2D eigenvalue weighted by Gasteiger charge is 2.36. The number of aliphatic hydroxyl groups is 2. The van der Waals surface area contributed by atoms with Gasteiger partial charge >= 0.3 is 5.97 Å². The topological polar surface area (TPSA) is 121 Å². The van der Waals surface area contributed by atoms with E-state index in [1.54, 1.807) is 40.6 Å². The summed E-state index contributed by atoms with van der Waals surface area (Å²) in [7, 11) is 6.71. The second kappa shape index (κ2) is 25.8. The molecule has 1 aliphatic carbocycles. The van der Waals surface area contributed by atoms with Gasteiger partial charge in [-0.3, -0.25) is 0 Å². The van der Waals surface area contributed by atoms with E-state index in [2.05, 4.69) is 34.1 Å². The van der Waals surface area contributed by atoms with Crippen molar-refractivity contribution in [1.29, 1.82) is 0 Å². The lowest BCUT2D eigenvalue weighted by molar-refractivity contribution is -0.0237. The van der Waals surface area contributed by atoms with E-state index in [-0.39, 0.29) is 23.5 Å². The first kappa shape index (κ1) is 47.1. The first-order valence-electron chi connectivity index (χ1n) is 21.4. The second-order valence-electron chi connectivity index (χ2n) is 15.9. The maximum Gasteiger partial charge on any atom is 0.335 e. The van der Waals surface area contributed by atoms with Crippen LogP contribution >= 0.6 is 11.6 Å². The Hall–Kier alpha value is -3.54. The number of hydrogen-bond acceptors (Lipinski definition) is 9. The largest absolute Gasteiger partial charge is 0.493 e. The van der Waals surface area contributed by atoms with E-state index in [9.17, 15) is 15.0 Å². The normalized spacial score (nSPS) is 21.1. The molecule has 0 aromatic heterocycles. The molecule has 58 heavy (non-hydrogen) atoms. The predicted octanol–water partition coefficient (Wildman–Crippen LogP) is 8.81. The summed E-state index contributed by atoms with van der Waals surface area (Å²) in [5.41, 5.74) is 2.78. The van der Waals surface area contributed by atoms with E-state index in [0.29, 0.717) is 11.6 Å². The minimum absolute atomic E-state index is 0.0799. The van der Waals surface area contributed by atoms with E-state index in [0.717, 1.165) is 126 Å². The number of aliphatic hydroxyl groups excluding tert-OH is 2. The van der Waals surface area contributed by atoms with Gasteiger partial charge in [0.25, 0.3) is 0 Å². The lowest BCUT2D eigenvalue weighted by atomic mass is 9.78. The van der Waals surface area contributed by atoms with Crippen LogP contribution in [0.4, 0.5) is 0 Å². The number of hydrogen-bond donors (Lipinski definition) is 3. The lowest BCUT2D eigenvalue weighted by Gasteiger charge is -2.38. The molecule has 4 atom stereocenters. The number of methoxy groups -OCH3 is 4. The van der Waals surface area contributed by atoms with Crippen LogP contribution in [0.3, 0.4) is 0 Å². The molecule has 1 saturated heterocycles. The summed E-state index contributed by atoms with van der Waals surface area (Å²) < 4.78 is 21.8. The Balaban J connectivity index is 0.000000648. The van der Waals surface area contributed by atoms with Gasteiger partial charge in [0.2, 0.25) is 0 Å². The monoisotopic (exact) mass is 824 g/mol. The van der Waals surface area contributed by atoms with Crippen molar-refractivity contribution in [3.8, 4) is 23.0 Å². The molecule has 1 aliphatic heterocycles. The molecule has 1 saturated carbocycles. The Morgan fingerprint density at radius 1 is 0.603 bits per heavy atom. The van der Waals surface area contributed by atoms with Crippen molar-refractivity contribution in [1.82, 2.24) is 9.80 Å². The number of carbonyl (C=O) groups is 1. The number of rotatable bonds is 16. The Kier molecular flexibility index (Phi) is 21.0. The van der Waals surface area contributed by atoms with Gasteiger partial charge in [0.05, 0.1) is 46.2 Å². The van der Waals surface area contributed by atoms with Crippen molar-refractivity contribution in [2.24, 2.45) is 11.8 Å². The molecule has 0 radical (unpaired) electrons. The SMILES string of the molecule is COc1ccc(CCCCN2CCCN(CCCCc3ccc(OC)c(OC)c3)CC(C3CCCCCCCC3O)C(O)C2)cc1OC.O=C(O)c1ccc(Cl)cc1. The summed E-state index contributed by atoms with van der Waals surface area (Å²) in [6.45, 7) is 5.59. The fraction of sp³-hybridized carbons (Fsp3) is 0.596. The molecule has 0 spiro atoms. The van der Waals surface area contributed by atoms with Gasteiger partial charge in [-0.05, 0) is 150 Å². The minimum atomic E-state index is -0.934. The van der Waals surface area contributed by atoms with E-state index in [1.165, 1.54) is 42.5 Å². The molecular formula is C47H69ClN2O8. The number of nitrogens with zero attached hydrogens (tertiary/aromatic N) is 2.